The first-order chi connectivity index (χ1) is 10.2. The Kier molecular flexibility index (Phi) is 23.5. The summed E-state index contributed by atoms with van der Waals surface area (Å²) < 4.78 is 4.83. The molecule has 0 heterocycles. The highest BCUT2D eigenvalue weighted by molar-refractivity contribution is 5.66. The number of unbranched alkanes of at least 4 members (excludes halogenated alkanes) is 10. The Bertz CT molecular complexity index is 191. The molecule has 0 aliphatic heterocycles. The molecule has 3 nitrogen and oxygen atoms in total. The molecule has 0 saturated heterocycles. The van der Waals surface area contributed by atoms with Crippen molar-refractivity contribution < 1.29 is 14.6 Å². The van der Waals surface area contributed by atoms with Crippen LogP contribution < -0.4 is 0 Å². The van der Waals surface area contributed by atoms with Gasteiger partial charge in [-0.1, -0.05) is 71.1 Å². The van der Waals surface area contributed by atoms with Crippen LogP contribution in [0.5, 0.6) is 0 Å². The summed E-state index contributed by atoms with van der Waals surface area (Å²) in [5, 5.41) is 8.46. The Hall–Kier alpha value is -0.570. The van der Waals surface area contributed by atoms with E-state index >= 15 is 0 Å². The summed E-state index contributed by atoms with van der Waals surface area (Å²) in [5.74, 6) is -0.657. The number of aliphatic carboxylic acids is 1. The second kappa shape index (κ2) is 21.7. The Morgan fingerprint density at radius 3 is 1.38 bits per heavy atom. The van der Waals surface area contributed by atoms with Gasteiger partial charge in [0.1, 0.15) is 0 Å². The molecule has 0 aromatic heterocycles. The van der Waals surface area contributed by atoms with Crippen molar-refractivity contribution in [3.05, 3.63) is 0 Å². The van der Waals surface area contributed by atoms with Crippen LogP contribution >= 0.6 is 0 Å². The van der Waals surface area contributed by atoms with Gasteiger partial charge in [0.25, 0.3) is 0 Å². The predicted octanol–water partition coefficient (Wildman–Crippen LogP) is 5.81. The van der Waals surface area contributed by atoms with E-state index in [1.807, 2.05) is 13.8 Å². The summed E-state index contributed by atoms with van der Waals surface area (Å²) in [7, 11) is 0. The molecule has 0 aliphatic rings. The third-order valence-electron chi connectivity index (χ3n) is 3.40. The van der Waals surface area contributed by atoms with E-state index in [0.29, 0.717) is 6.42 Å². The zero-order valence-electron chi connectivity index (χ0n) is 14.7. The van der Waals surface area contributed by atoms with E-state index < -0.39 is 5.97 Å². The summed E-state index contributed by atoms with van der Waals surface area (Å²) in [5.41, 5.74) is 0. The van der Waals surface area contributed by atoms with Crippen LogP contribution in [-0.2, 0) is 9.53 Å². The molecule has 0 aliphatic carbocycles. The van der Waals surface area contributed by atoms with Crippen molar-refractivity contribution in [3.8, 4) is 0 Å². The van der Waals surface area contributed by atoms with Crippen molar-refractivity contribution in [3.63, 3.8) is 0 Å². The Balaban J connectivity index is 0. The van der Waals surface area contributed by atoms with Gasteiger partial charge in [0.05, 0.1) is 0 Å². The molecule has 0 radical (unpaired) electrons. The summed E-state index contributed by atoms with van der Waals surface area (Å²) in [6.07, 6.45) is 14.4. The van der Waals surface area contributed by atoms with Crippen molar-refractivity contribution >= 4 is 5.97 Å². The van der Waals surface area contributed by atoms with E-state index in [9.17, 15) is 4.79 Å². The van der Waals surface area contributed by atoms with E-state index in [4.69, 9.17) is 9.84 Å². The topological polar surface area (TPSA) is 46.5 Å². The summed E-state index contributed by atoms with van der Waals surface area (Å²) in [6, 6.07) is 0. The maximum Gasteiger partial charge on any atom is 0.303 e. The lowest BCUT2D eigenvalue weighted by atomic mass is 10.1. The van der Waals surface area contributed by atoms with E-state index in [1.54, 1.807) is 0 Å². The lowest BCUT2D eigenvalue weighted by Gasteiger charge is -2.01. The molecule has 0 amide bonds. The minimum atomic E-state index is -0.657. The molecule has 1 N–H and O–H groups in total. The van der Waals surface area contributed by atoms with Gasteiger partial charge in [-0.25, -0.2) is 0 Å². The fourth-order valence-electron chi connectivity index (χ4n) is 2.14. The molecule has 0 aromatic carbocycles. The highest BCUT2D eigenvalue weighted by atomic mass is 16.5. The minimum absolute atomic E-state index is 0.344. The second-order valence-corrected chi connectivity index (χ2v) is 5.46. The maximum atomic E-state index is 10.3. The minimum Gasteiger partial charge on any atom is -0.481 e. The quantitative estimate of drug-likeness (QED) is 0.411. The third kappa shape index (κ3) is 28.3. The van der Waals surface area contributed by atoms with Crippen molar-refractivity contribution in [1.82, 2.24) is 0 Å². The largest absolute Gasteiger partial charge is 0.481 e. The highest BCUT2D eigenvalue weighted by Crippen LogP contribution is 2.11. The van der Waals surface area contributed by atoms with Gasteiger partial charge in [0.2, 0.25) is 0 Å². The molecule has 0 spiro atoms. The van der Waals surface area contributed by atoms with Gasteiger partial charge in [-0.15, -0.1) is 0 Å². The fraction of sp³-hybridized carbons (Fsp3) is 0.944. The van der Waals surface area contributed by atoms with Gasteiger partial charge >= 0.3 is 5.97 Å². The van der Waals surface area contributed by atoms with Gasteiger partial charge in [-0.3, -0.25) is 4.79 Å². The number of carboxylic acid groups (broad SMARTS) is 1. The van der Waals surface area contributed by atoms with Gasteiger partial charge in [-0.2, -0.15) is 0 Å². The first kappa shape index (κ1) is 22.7. The van der Waals surface area contributed by atoms with Crippen molar-refractivity contribution in [2.45, 2.75) is 97.8 Å². The summed E-state index contributed by atoms with van der Waals surface area (Å²) in [6.45, 7) is 7.91. The Morgan fingerprint density at radius 1 is 0.714 bits per heavy atom. The maximum absolute atomic E-state index is 10.3. The average molecular weight is 302 g/mol. The average Bonchev–Trinajstić information content (AvgIpc) is 2.46. The Morgan fingerprint density at radius 2 is 1.10 bits per heavy atom. The SMILES string of the molecule is CCCCCCCCCCCCCC(=O)O.CCOCC. The molecule has 0 atom stereocenters. The normalized spacial score (nSPS) is 10.0. The van der Waals surface area contributed by atoms with Crippen LogP contribution in [0.3, 0.4) is 0 Å². The van der Waals surface area contributed by atoms with Crippen molar-refractivity contribution in [2.75, 3.05) is 13.2 Å². The third-order valence-corrected chi connectivity index (χ3v) is 3.40. The first-order valence-corrected chi connectivity index (χ1v) is 8.98. The molecule has 0 bridgehead atoms. The van der Waals surface area contributed by atoms with E-state index in [-0.39, 0.29) is 0 Å². The first-order valence-electron chi connectivity index (χ1n) is 8.98. The van der Waals surface area contributed by atoms with Crippen LogP contribution in [0.25, 0.3) is 0 Å². The zero-order valence-corrected chi connectivity index (χ0v) is 14.7. The molecule has 0 aromatic rings. The number of carbonyl (C=O) groups is 1. The second-order valence-electron chi connectivity index (χ2n) is 5.46. The molecule has 21 heavy (non-hydrogen) atoms. The number of rotatable bonds is 14. The molecule has 0 fully saturated rings. The lowest BCUT2D eigenvalue weighted by molar-refractivity contribution is -0.137. The van der Waals surface area contributed by atoms with Gasteiger partial charge in [0.15, 0.2) is 0 Å². The van der Waals surface area contributed by atoms with Gasteiger partial charge < -0.3 is 9.84 Å². The smallest absolute Gasteiger partial charge is 0.303 e. The van der Waals surface area contributed by atoms with Crippen LogP contribution in [0.2, 0.25) is 0 Å². The predicted molar refractivity (Wildman–Crippen MR) is 90.9 cm³/mol. The molecule has 0 saturated carbocycles. The monoisotopic (exact) mass is 302 g/mol. The summed E-state index contributed by atoms with van der Waals surface area (Å²) >= 11 is 0. The van der Waals surface area contributed by atoms with Gasteiger partial charge in [0, 0.05) is 19.6 Å². The van der Waals surface area contributed by atoms with E-state index in [0.717, 1.165) is 26.1 Å². The number of ether oxygens (including phenoxy) is 1. The molecule has 128 valence electrons. The van der Waals surface area contributed by atoms with Crippen LogP contribution in [0.4, 0.5) is 0 Å². The lowest BCUT2D eigenvalue weighted by Crippen LogP contribution is -1.93. The van der Waals surface area contributed by atoms with E-state index in [1.165, 1.54) is 57.8 Å². The zero-order chi connectivity index (χ0) is 16.2. The fourth-order valence-corrected chi connectivity index (χ4v) is 2.14. The van der Waals surface area contributed by atoms with Crippen LogP contribution in [0.1, 0.15) is 97.8 Å². The van der Waals surface area contributed by atoms with Crippen LogP contribution in [0, 0.1) is 0 Å². The van der Waals surface area contributed by atoms with Crippen LogP contribution in [0.15, 0.2) is 0 Å². The standard InChI is InChI=1S/C14H28O2.C4H10O/c1-2-3-4-5-6-7-8-9-10-11-12-13-14(15)16;1-3-5-4-2/h2-13H2,1H3,(H,15,16);3-4H2,1-2H3. The summed E-state index contributed by atoms with van der Waals surface area (Å²) in [4.78, 5) is 10.3. The molecule has 3 heteroatoms. The number of carboxylic acids is 1. The molecule has 0 rings (SSSR count). The molecular weight excluding hydrogens is 264 g/mol. The number of hydrogen-bond donors (Lipinski definition) is 1. The molecular formula is C18H38O3. The van der Waals surface area contributed by atoms with Gasteiger partial charge in [-0.05, 0) is 20.3 Å². The van der Waals surface area contributed by atoms with E-state index in [2.05, 4.69) is 6.92 Å². The Labute approximate surface area is 132 Å². The highest BCUT2D eigenvalue weighted by Gasteiger charge is 1.96. The van der Waals surface area contributed by atoms with Crippen molar-refractivity contribution in [1.29, 1.82) is 0 Å². The molecule has 0 unspecified atom stereocenters. The van der Waals surface area contributed by atoms with Crippen molar-refractivity contribution in [2.24, 2.45) is 0 Å². The van der Waals surface area contributed by atoms with Crippen LogP contribution in [-0.4, -0.2) is 24.3 Å². The number of hydrogen-bond acceptors (Lipinski definition) is 2.